The number of carbonyl (C=O) groups is 1. The molecular weight excluding hydrogens is 226 g/mol. The fourth-order valence-corrected chi connectivity index (χ4v) is 1.95. The number of pyridine rings is 1. The van der Waals surface area contributed by atoms with Crippen molar-refractivity contribution in [2.24, 2.45) is 0 Å². The second kappa shape index (κ2) is 4.09. The summed E-state index contributed by atoms with van der Waals surface area (Å²) in [5.41, 5.74) is 2.74. The molecule has 2 rings (SSSR count). The monoisotopic (exact) mass is 243 g/mol. The maximum absolute atomic E-state index is 11.3. The van der Waals surface area contributed by atoms with Gasteiger partial charge in [-0.15, -0.1) is 0 Å². The Morgan fingerprint density at radius 1 is 1.11 bits per heavy atom. The number of benzene rings is 1. The van der Waals surface area contributed by atoms with Crippen LogP contribution >= 0.6 is 0 Å². The molecule has 0 bridgehead atoms. The summed E-state index contributed by atoms with van der Waals surface area (Å²) in [5, 5.41) is 10.3. The first-order valence-corrected chi connectivity index (χ1v) is 5.95. The lowest BCUT2D eigenvalue weighted by molar-refractivity contribution is -0.142. The van der Waals surface area contributed by atoms with Crippen LogP contribution in [0.2, 0.25) is 0 Å². The zero-order chi connectivity index (χ0) is 13.5. The number of rotatable bonds is 2. The summed E-state index contributed by atoms with van der Waals surface area (Å²) in [6, 6.07) is 7.84. The minimum atomic E-state index is -0.968. The Kier molecular flexibility index (Phi) is 2.85. The van der Waals surface area contributed by atoms with Gasteiger partial charge in [-0.25, -0.2) is 0 Å². The summed E-state index contributed by atoms with van der Waals surface area (Å²) in [4.78, 5) is 15.8. The smallest absolute Gasteiger partial charge is 0.315 e. The fraction of sp³-hybridized carbons (Fsp3) is 0.333. The van der Waals surface area contributed by atoms with E-state index in [0.29, 0.717) is 5.69 Å². The van der Waals surface area contributed by atoms with Gasteiger partial charge in [0.2, 0.25) is 0 Å². The molecule has 0 unspecified atom stereocenters. The van der Waals surface area contributed by atoms with Crippen molar-refractivity contribution in [3.63, 3.8) is 0 Å². The molecule has 0 atom stereocenters. The first-order valence-electron chi connectivity index (χ1n) is 5.95. The number of aryl methyl sites for hydroxylation is 2. The first-order chi connectivity index (χ1) is 8.34. The average Bonchev–Trinajstić information content (AvgIpc) is 2.33. The minimum absolute atomic E-state index is 0.594. The Hall–Kier alpha value is -1.90. The molecule has 3 nitrogen and oxygen atoms in total. The number of aliphatic carboxylic acids is 1. The van der Waals surface area contributed by atoms with E-state index < -0.39 is 11.4 Å². The second-order valence-electron chi connectivity index (χ2n) is 5.22. The zero-order valence-corrected chi connectivity index (χ0v) is 11.1. The predicted molar refractivity (Wildman–Crippen MR) is 71.9 cm³/mol. The number of hydrogen-bond acceptors (Lipinski definition) is 2. The molecule has 0 saturated heterocycles. The quantitative estimate of drug-likeness (QED) is 0.881. The molecule has 0 fully saturated rings. The van der Waals surface area contributed by atoms with Crippen molar-refractivity contribution >= 4 is 16.9 Å². The molecule has 2 aromatic rings. The van der Waals surface area contributed by atoms with Crippen molar-refractivity contribution in [2.75, 3.05) is 0 Å². The van der Waals surface area contributed by atoms with Crippen LogP contribution in [-0.2, 0) is 10.2 Å². The van der Waals surface area contributed by atoms with Gasteiger partial charge in [-0.2, -0.15) is 0 Å². The van der Waals surface area contributed by atoms with E-state index in [9.17, 15) is 9.90 Å². The standard InChI is InChI=1S/C15H17NO2/c1-9-5-6-10(2)13-11(9)7-8-12(16-13)15(3,4)14(17)18/h5-8H,1-4H3,(H,17,18). The zero-order valence-electron chi connectivity index (χ0n) is 11.1. The number of carboxylic acids is 1. The van der Waals surface area contributed by atoms with Crippen molar-refractivity contribution in [1.29, 1.82) is 0 Å². The van der Waals surface area contributed by atoms with Crippen molar-refractivity contribution in [3.05, 3.63) is 41.1 Å². The molecule has 1 heterocycles. The highest BCUT2D eigenvalue weighted by atomic mass is 16.4. The largest absolute Gasteiger partial charge is 0.481 e. The van der Waals surface area contributed by atoms with Crippen molar-refractivity contribution in [3.8, 4) is 0 Å². The first kappa shape index (κ1) is 12.6. The molecule has 0 saturated carbocycles. The number of aromatic nitrogens is 1. The third-order valence-corrected chi connectivity index (χ3v) is 3.45. The third-order valence-electron chi connectivity index (χ3n) is 3.45. The second-order valence-corrected chi connectivity index (χ2v) is 5.22. The molecule has 0 aliphatic rings. The molecule has 0 spiro atoms. The summed E-state index contributed by atoms with van der Waals surface area (Å²) in [5.74, 6) is -0.861. The molecule has 18 heavy (non-hydrogen) atoms. The molecule has 1 N–H and O–H groups in total. The summed E-state index contributed by atoms with van der Waals surface area (Å²) in [6.45, 7) is 7.38. The SMILES string of the molecule is Cc1ccc(C)c2nc(C(C)(C)C(=O)O)ccc12. The molecule has 94 valence electrons. The van der Waals surface area contributed by atoms with Gasteiger partial charge in [0.1, 0.15) is 5.41 Å². The molecule has 0 aliphatic heterocycles. The van der Waals surface area contributed by atoms with Crippen LogP contribution < -0.4 is 0 Å². The van der Waals surface area contributed by atoms with E-state index in [2.05, 4.69) is 11.1 Å². The maximum Gasteiger partial charge on any atom is 0.315 e. The van der Waals surface area contributed by atoms with Crippen LogP contribution in [0.4, 0.5) is 0 Å². The van der Waals surface area contributed by atoms with E-state index >= 15 is 0 Å². The van der Waals surface area contributed by atoms with Crippen LogP contribution in [0.3, 0.4) is 0 Å². The number of nitrogens with zero attached hydrogens (tertiary/aromatic N) is 1. The number of carboxylic acid groups (broad SMARTS) is 1. The van der Waals surface area contributed by atoms with Crippen LogP contribution in [0, 0.1) is 13.8 Å². The van der Waals surface area contributed by atoms with E-state index in [0.717, 1.165) is 22.0 Å². The Balaban J connectivity index is 2.72. The molecule has 1 aromatic carbocycles. The normalized spacial score (nSPS) is 11.8. The van der Waals surface area contributed by atoms with Crippen LogP contribution in [0.15, 0.2) is 24.3 Å². The number of hydrogen-bond donors (Lipinski definition) is 1. The van der Waals surface area contributed by atoms with Crippen LogP contribution in [0.1, 0.15) is 30.7 Å². The summed E-state index contributed by atoms with van der Waals surface area (Å²) in [7, 11) is 0. The van der Waals surface area contributed by atoms with E-state index in [-0.39, 0.29) is 0 Å². The highest BCUT2D eigenvalue weighted by molar-refractivity contribution is 5.86. The molecule has 0 aliphatic carbocycles. The van der Waals surface area contributed by atoms with Crippen LogP contribution in [-0.4, -0.2) is 16.1 Å². The van der Waals surface area contributed by atoms with Gasteiger partial charge in [0.25, 0.3) is 0 Å². The third kappa shape index (κ3) is 1.86. The highest BCUT2D eigenvalue weighted by Crippen LogP contribution is 2.26. The van der Waals surface area contributed by atoms with E-state index in [1.807, 2.05) is 32.0 Å². The Morgan fingerprint density at radius 3 is 2.33 bits per heavy atom. The number of fused-ring (bicyclic) bond motifs is 1. The Bertz CT molecular complexity index is 630. The molecular formula is C15H17NO2. The van der Waals surface area contributed by atoms with Crippen molar-refractivity contribution < 1.29 is 9.90 Å². The summed E-state index contributed by atoms with van der Waals surface area (Å²) < 4.78 is 0. The topological polar surface area (TPSA) is 50.2 Å². The molecule has 0 amide bonds. The lowest BCUT2D eigenvalue weighted by atomic mass is 9.88. The lowest BCUT2D eigenvalue weighted by Crippen LogP contribution is -2.29. The van der Waals surface area contributed by atoms with Gasteiger partial charge in [-0.05, 0) is 44.9 Å². The minimum Gasteiger partial charge on any atom is -0.481 e. The van der Waals surface area contributed by atoms with Crippen LogP contribution in [0.5, 0.6) is 0 Å². The van der Waals surface area contributed by atoms with Gasteiger partial charge in [0.05, 0.1) is 11.2 Å². The molecule has 3 heteroatoms. The Morgan fingerprint density at radius 2 is 1.72 bits per heavy atom. The lowest BCUT2D eigenvalue weighted by Gasteiger charge is -2.19. The van der Waals surface area contributed by atoms with Gasteiger partial charge in [0.15, 0.2) is 0 Å². The maximum atomic E-state index is 11.3. The highest BCUT2D eigenvalue weighted by Gasteiger charge is 2.31. The van der Waals surface area contributed by atoms with E-state index in [1.54, 1.807) is 13.8 Å². The predicted octanol–water partition coefficient (Wildman–Crippen LogP) is 3.21. The summed E-state index contributed by atoms with van der Waals surface area (Å²) >= 11 is 0. The van der Waals surface area contributed by atoms with Crippen LogP contribution in [0.25, 0.3) is 10.9 Å². The van der Waals surface area contributed by atoms with Crippen molar-refractivity contribution in [2.45, 2.75) is 33.1 Å². The van der Waals surface area contributed by atoms with E-state index in [4.69, 9.17) is 0 Å². The summed E-state index contributed by atoms with van der Waals surface area (Å²) in [6.07, 6.45) is 0. The van der Waals surface area contributed by atoms with Gasteiger partial charge in [0, 0.05) is 5.39 Å². The van der Waals surface area contributed by atoms with Crippen molar-refractivity contribution in [1.82, 2.24) is 4.98 Å². The fourth-order valence-electron chi connectivity index (χ4n) is 1.95. The van der Waals surface area contributed by atoms with Gasteiger partial charge in [-0.3, -0.25) is 9.78 Å². The molecule has 0 radical (unpaired) electrons. The Labute approximate surface area is 106 Å². The van der Waals surface area contributed by atoms with Gasteiger partial charge >= 0.3 is 5.97 Å². The van der Waals surface area contributed by atoms with E-state index in [1.165, 1.54) is 0 Å². The molecule has 1 aromatic heterocycles. The van der Waals surface area contributed by atoms with Gasteiger partial charge < -0.3 is 5.11 Å². The van der Waals surface area contributed by atoms with Gasteiger partial charge in [-0.1, -0.05) is 18.2 Å². The average molecular weight is 243 g/mol.